The van der Waals surface area contributed by atoms with Crippen molar-refractivity contribution in [2.75, 3.05) is 13.2 Å². The molecule has 0 atom stereocenters. The molecule has 0 bridgehead atoms. The third kappa shape index (κ3) is 5.98. The number of carbonyl (C=O) groups is 3. The molecule has 0 aromatic heterocycles. The van der Waals surface area contributed by atoms with Crippen LogP contribution in [-0.4, -0.2) is 37.0 Å². The Balaban J connectivity index is 2.24. The van der Waals surface area contributed by atoms with E-state index < -0.39 is 23.9 Å². The van der Waals surface area contributed by atoms with Crippen LogP contribution >= 0.6 is 11.6 Å². The van der Waals surface area contributed by atoms with Crippen LogP contribution in [0.15, 0.2) is 24.3 Å². The number of amides is 4. The van der Waals surface area contributed by atoms with Gasteiger partial charge in [-0.05, 0) is 11.6 Å². The van der Waals surface area contributed by atoms with Crippen molar-refractivity contribution in [3.8, 4) is 0 Å². The largest absolute Gasteiger partial charge is 0.375 e. The first-order chi connectivity index (χ1) is 10.4. The van der Waals surface area contributed by atoms with Gasteiger partial charge in [0.1, 0.15) is 0 Å². The van der Waals surface area contributed by atoms with Gasteiger partial charge in [0.05, 0.1) is 13.2 Å². The molecule has 120 valence electrons. The average molecular weight is 329 g/mol. The van der Waals surface area contributed by atoms with E-state index in [4.69, 9.17) is 27.8 Å². The first kappa shape index (κ1) is 17.7. The highest BCUT2D eigenvalue weighted by Gasteiger charge is 2.23. The SMILES string of the molecule is NC(=O)C(NC(=O)NCCOCc1ccccc1Cl)C(N)=O. The first-order valence-electron chi connectivity index (χ1n) is 6.36. The molecular weight excluding hydrogens is 312 g/mol. The van der Waals surface area contributed by atoms with E-state index in [2.05, 4.69) is 10.6 Å². The van der Waals surface area contributed by atoms with Crippen LogP contribution in [-0.2, 0) is 20.9 Å². The average Bonchev–Trinajstić information content (AvgIpc) is 2.45. The number of hydrogen-bond acceptors (Lipinski definition) is 4. The Labute approximate surface area is 132 Å². The molecule has 0 saturated heterocycles. The van der Waals surface area contributed by atoms with Crippen molar-refractivity contribution in [2.24, 2.45) is 11.5 Å². The van der Waals surface area contributed by atoms with Gasteiger partial charge in [-0.15, -0.1) is 0 Å². The number of rotatable bonds is 8. The van der Waals surface area contributed by atoms with Gasteiger partial charge < -0.3 is 26.8 Å². The zero-order valence-corrected chi connectivity index (χ0v) is 12.4. The Morgan fingerprint density at radius 2 is 1.82 bits per heavy atom. The maximum Gasteiger partial charge on any atom is 0.315 e. The maximum atomic E-state index is 11.4. The van der Waals surface area contributed by atoms with E-state index in [0.717, 1.165) is 5.56 Å². The minimum absolute atomic E-state index is 0.167. The monoisotopic (exact) mass is 328 g/mol. The molecule has 0 unspecified atom stereocenters. The van der Waals surface area contributed by atoms with Crippen LogP contribution in [0.4, 0.5) is 4.79 Å². The Kier molecular flexibility index (Phi) is 7.14. The van der Waals surface area contributed by atoms with Crippen molar-refractivity contribution in [1.82, 2.24) is 10.6 Å². The fraction of sp³-hybridized carbons (Fsp3) is 0.308. The summed E-state index contributed by atoms with van der Waals surface area (Å²) in [5.74, 6) is -2.06. The summed E-state index contributed by atoms with van der Waals surface area (Å²) in [6.45, 7) is 0.686. The zero-order valence-electron chi connectivity index (χ0n) is 11.7. The van der Waals surface area contributed by atoms with Gasteiger partial charge in [0.15, 0.2) is 6.04 Å². The summed E-state index contributed by atoms with van der Waals surface area (Å²) in [6.07, 6.45) is 0. The van der Waals surface area contributed by atoms with E-state index in [1.165, 1.54) is 0 Å². The summed E-state index contributed by atoms with van der Waals surface area (Å²) < 4.78 is 5.34. The lowest BCUT2D eigenvalue weighted by molar-refractivity contribution is -0.128. The second kappa shape index (κ2) is 8.85. The van der Waals surface area contributed by atoms with Gasteiger partial charge in [-0.2, -0.15) is 0 Å². The Bertz CT molecular complexity index is 539. The van der Waals surface area contributed by atoms with Crippen LogP contribution in [0.2, 0.25) is 5.02 Å². The molecule has 1 aromatic rings. The number of primary amides is 2. The zero-order chi connectivity index (χ0) is 16.5. The van der Waals surface area contributed by atoms with Crippen molar-refractivity contribution in [1.29, 1.82) is 0 Å². The standard InChI is InChI=1S/C13H17ClN4O4/c14-9-4-2-1-3-8(9)7-22-6-5-17-13(21)18-10(11(15)19)12(16)20/h1-4,10H,5-7H2,(H2,15,19)(H2,16,20)(H2,17,18,21). The minimum Gasteiger partial charge on any atom is -0.375 e. The van der Waals surface area contributed by atoms with Crippen molar-refractivity contribution >= 4 is 29.4 Å². The molecule has 1 aromatic carbocycles. The van der Waals surface area contributed by atoms with Crippen LogP contribution in [0.3, 0.4) is 0 Å². The van der Waals surface area contributed by atoms with Gasteiger partial charge >= 0.3 is 6.03 Å². The Morgan fingerprint density at radius 3 is 2.41 bits per heavy atom. The molecule has 4 amide bonds. The lowest BCUT2D eigenvalue weighted by atomic mass is 10.2. The van der Waals surface area contributed by atoms with Crippen LogP contribution in [0.1, 0.15) is 5.56 Å². The predicted molar refractivity (Wildman–Crippen MR) is 79.8 cm³/mol. The van der Waals surface area contributed by atoms with Gasteiger partial charge in [-0.3, -0.25) is 9.59 Å². The molecule has 8 nitrogen and oxygen atoms in total. The summed E-state index contributed by atoms with van der Waals surface area (Å²) in [7, 11) is 0. The van der Waals surface area contributed by atoms with E-state index in [-0.39, 0.29) is 13.2 Å². The van der Waals surface area contributed by atoms with Gasteiger partial charge in [-0.1, -0.05) is 29.8 Å². The molecule has 9 heteroatoms. The highest BCUT2D eigenvalue weighted by atomic mass is 35.5. The van der Waals surface area contributed by atoms with E-state index >= 15 is 0 Å². The van der Waals surface area contributed by atoms with E-state index in [1.807, 2.05) is 18.2 Å². The molecule has 22 heavy (non-hydrogen) atoms. The summed E-state index contributed by atoms with van der Waals surface area (Å²) in [6, 6.07) is 4.93. The molecule has 6 N–H and O–H groups in total. The number of ether oxygens (including phenoxy) is 1. The Morgan fingerprint density at radius 1 is 1.18 bits per heavy atom. The van der Waals surface area contributed by atoms with Gasteiger partial charge in [0.25, 0.3) is 0 Å². The third-order valence-corrected chi connectivity index (χ3v) is 2.96. The third-order valence-electron chi connectivity index (χ3n) is 2.59. The summed E-state index contributed by atoms with van der Waals surface area (Å²) in [5, 5.41) is 5.05. The van der Waals surface area contributed by atoms with Crippen molar-refractivity contribution in [2.45, 2.75) is 12.6 Å². The van der Waals surface area contributed by atoms with Gasteiger partial charge in [0, 0.05) is 11.6 Å². The van der Waals surface area contributed by atoms with Gasteiger partial charge in [-0.25, -0.2) is 4.79 Å². The van der Waals surface area contributed by atoms with E-state index in [0.29, 0.717) is 11.6 Å². The molecule has 1 rings (SSSR count). The van der Waals surface area contributed by atoms with Crippen molar-refractivity contribution in [3.05, 3.63) is 34.9 Å². The summed E-state index contributed by atoms with van der Waals surface area (Å²) >= 11 is 5.96. The molecule has 0 radical (unpaired) electrons. The molecule has 0 aliphatic rings. The molecular formula is C13H17ClN4O4. The minimum atomic E-state index is -1.55. The number of urea groups is 1. The molecule has 0 spiro atoms. The van der Waals surface area contributed by atoms with Gasteiger partial charge in [0.2, 0.25) is 11.8 Å². The molecule has 0 aliphatic carbocycles. The lowest BCUT2D eigenvalue weighted by Gasteiger charge is -2.13. The van der Waals surface area contributed by atoms with Crippen LogP contribution < -0.4 is 22.1 Å². The van der Waals surface area contributed by atoms with E-state index in [1.54, 1.807) is 6.07 Å². The molecule has 0 saturated carbocycles. The van der Waals surface area contributed by atoms with Crippen LogP contribution in [0.25, 0.3) is 0 Å². The van der Waals surface area contributed by atoms with Crippen molar-refractivity contribution in [3.63, 3.8) is 0 Å². The van der Waals surface area contributed by atoms with Crippen molar-refractivity contribution < 1.29 is 19.1 Å². The fourth-order valence-electron chi connectivity index (χ4n) is 1.50. The second-order valence-electron chi connectivity index (χ2n) is 4.28. The number of nitrogens with one attached hydrogen (secondary N) is 2. The Hall–Kier alpha value is -2.32. The maximum absolute atomic E-state index is 11.4. The normalized spacial score (nSPS) is 10.3. The number of halogens is 1. The second-order valence-corrected chi connectivity index (χ2v) is 4.69. The number of benzene rings is 1. The summed E-state index contributed by atoms with van der Waals surface area (Å²) in [4.78, 5) is 33.2. The van der Waals surface area contributed by atoms with E-state index in [9.17, 15) is 14.4 Å². The summed E-state index contributed by atoms with van der Waals surface area (Å²) in [5.41, 5.74) is 10.7. The molecule has 0 aliphatic heterocycles. The lowest BCUT2D eigenvalue weighted by Crippen LogP contribution is -2.55. The highest BCUT2D eigenvalue weighted by molar-refractivity contribution is 6.31. The predicted octanol–water partition coefficient (Wildman–Crippen LogP) is -0.505. The topological polar surface area (TPSA) is 137 Å². The molecule has 0 heterocycles. The quantitative estimate of drug-likeness (QED) is 0.377. The first-order valence-corrected chi connectivity index (χ1v) is 6.73. The highest BCUT2D eigenvalue weighted by Crippen LogP contribution is 2.15. The van der Waals surface area contributed by atoms with Crippen LogP contribution in [0.5, 0.6) is 0 Å². The molecule has 0 fully saturated rings. The number of carbonyl (C=O) groups excluding carboxylic acids is 3. The smallest absolute Gasteiger partial charge is 0.315 e. The number of nitrogens with two attached hydrogens (primary N) is 2. The van der Waals surface area contributed by atoms with Crippen LogP contribution in [0, 0.1) is 0 Å². The fourth-order valence-corrected chi connectivity index (χ4v) is 1.69. The number of hydrogen-bond donors (Lipinski definition) is 4.